The predicted molar refractivity (Wildman–Crippen MR) is 76.2 cm³/mol. The number of nitrogens with zero attached hydrogens (tertiary/aromatic N) is 1. The van der Waals surface area contributed by atoms with Crippen molar-refractivity contribution in [2.45, 2.75) is 33.2 Å². The number of hydrogen-bond donors (Lipinski definition) is 2. The minimum absolute atomic E-state index is 0. The molecule has 2 N–H and O–H groups in total. The lowest BCUT2D eigenvalue weighted by Gasteiger charge is -2.23. The molecule has 0 heterocycles. The standard InChI is InChI=1S/C10H23N3O.HI/c1-6-11-9(12-7-8-14-5)13-10(2,3)4;/h6-8H2,1-5H3,(H2,11,12,13);1H. The summed E-state index contributed by atoms with van der Waals surface area (Å²) in [5, 5.41) is 6.48. The highest BCUT2D eigenvalue weighted by Crippen LogP contribution is 1.97. The normalized spacial score (nSPS) is 11.9. The van der Waals surface area contributed by atoms with E-state index in [9.17, 15) is 0 Å². The maximum Gasteiger partial charge on any atom is 0.191 e. The number of rotatable bonds is 4. The summed E-state index contributed by atoms with van der Waals surface area (Å²) in [5.41, 5.74) is 0.0358. The van der Waals surface area contributed by atoms with Gasteiger partial charge in [-0.05, 0) is 27.7 Å². The highest BCUT2D eigenvalue weighted by molar-refractivity contribution is 14.0. The molecule has 0 aromatic heterocycles. The average molecular weight is 329 g/mol. The van der Waals surface area contributed by atoms with Crippen LogP contribution >= 0.6 is 24.0 Å². The van der Waals surface area contributed by atoms with E-state index in [0.717, 1.165) is 12.5 Å². The van der Waals surface area contributed by atoms with Crippen LogP contribution in [0.15, 0.2) is 4.99 Å². The molecule has 0 saturated heterocycles. The van der Waals surface area contributed by atoms with Crippen molar-refractivity contribution in [3.05, 3.63) is 0 Å². The highest BCUT2D eigenvalue weighted by Gasteiger charge is 2.10. The van der Waals surface area contributed by atoms with E-state index >= 15 is 0 Å². The Balaban J connectivity index is 0. The summed E-state index contributed by atoms with van der Waals surface area (Å²) in [6.07, 6.45) is 0. The minimum atomic E-state index is 0. The topological polar surface area (TPSA) is 45.7 Å². The van der Waals surface area contributed by atoms with Crippen molar-refractivity contribution >= 4 is 29.9 Å². The zero-order chi connectivity index (χ0) is 11.0. The Morgan fingerprint density at radius 1 is 1.33 bits per heavy atom. The van der Waals surface area contributed by atoms with Crippen LogP contribution in [0.3, 0.4) is 0 Å². The lowest BCUT2D eigenvalue weighted by Crippen LogP contribution is -2.47. The van der Waals surface area contributed by atoms with Gasteiger partial charge < -0.3 is 15.4 Å². The first-order valence-corrected chi connectivity index (χ1v) is 5.05. The van der Waals surface area contributed by atoms with Crippen molar-refractivity contribution in [1.82, 2.24) is 10.6 Å². The molecule has 0 atom stereocenters. The number of hydrogen-bond acceptors (Lipinski definition) is 2. The van der Waals surface area contributed by atoms with Crippen LogP contribution in [0.4, 0.5) is 0 Å². The molecule has 0 radical (unpaired) electrons. The maximum atomic E-state index is 4.94. The summed E-state index contributed by atoms with van der Waals surface area (Å²) in [7, 11) is 1.68. The second kappa shape index (κ2) is 9.21. The first kappa shape index (κ1) is 17.4. The van der Waals surface area contributed by atoms with Crippen molar-refractivity contribution in [3.63, 3.8) is 0 Å². The second-order valence-electron chi connectivity index (χ2n) is 4.13. The van der Waals surface area contributed by atoms with Gasteiger partial charge in [0.2, 0.25) is 0 Å². The van der Waals surface area contributed by atoms with Crippen LogP contribution in [-0.2, 0) is 4.74 Å². The van der Waals surface area contributed by atoms with E-state index < -0.39 is 0 Å². The third-order valence-corrected chi connectivity index (χ3v) is 1.40. The second-order valence-corrected chi connectivity index (χ2v) is 4.13. The zero-order valence-corrected chi connectivity index (χ0v) is 12.7. The van der Waals surface area contributed by atoms with Crippen LogP contribution < -0.4 is 10.6 Å². The Kier molecular flexibility index (Phi) is 10.7. The van der Waals surface area contributed by atoms with E-state index in [2.05, 4.69) is 43.3 Å². The minimum Gasteiger partial charge on any atom is -0.383 e. The van der Waals surface area contributed by atoms with Crippen LogP contribution in [0.1, 0.15) is 27.7 Å². The molecule has 15 heavy (non-hydrogen) atoms. The molecule has 0 aromatic carbocycles. The molecule has 5 heteroatoms. The van der Waals surface area contributed by atoms with Gasteiger partial charge in [-0.15, -0.1) is 24.0 Å². The smallest absolute Gasteiger partial charge is 0.191 e. The summed E-state index contributed by atoms with van der Waals surface area (Å²) in [6.45, 7) is 10.6. The first-order chi connectivity index (χ1) is 6.49. The fourth-order valence-electron chi connectivity index (χ4n) is 0.911. The molecule has 0 spiro atoms. The zero-order valence-electron chi connectivity index (χ0n) is 10.4. The Labute approximate surface area is 110 Å². The number of methoxy groups -OCH3 is 1. The van der Waals surface area contributed by atoms with E-state index in [1.54, 1.807) is 7.11 Å². The molecule has 0 rings (SSSR count). The van der Waals surface area contributed by atoms with Crippen LogP contribution in [0.2, 0.25) is 0 Å². The van der Waals surface area contributed by atoms with E-state index in [1.165, 1.54) is 0 Å². The molecule has 92 valence electrons. The molecule has 0 aliphatic carbocycles. The number of guanidine groups is 1. The van der Waals surface area contributed by atoms with Crippen molar-refractivity contribution < 1.29 is 4.74 Å². The van der Waals surface area contributed by atoms with E-state index in [-0.39, 0.29) is 29.5 Å². The summed E-state index contributed by atoms with van der Waals surface area (Å²) in [5.74, 6) is 0.844. The molecule has 0 aromatic rings. The molecule has 0 fully saturated rings. The highest BCUT2D eigenvalue weighted by atomic mass is 127. The van der Waals surface area contributed by atoms with E-state index in [4.69, 9.17) is 4.74 Å². The van der Waals surface area contributed by atoms with Crippen LogP contribution in [0, 0.1) is 0 Å². The molecule has 0 unspecified atom stereocenters. The summed E-state index contributed by atoms with van der Waals surface area (Å²) < 4.78 is 4.94. The van der Waals surface area contributed by atoms with Crippen LogP contribution in [-0.4, -0.2) is 38.3 Å². The van der Waals surface area contributed by atoms with Crippen molar-refractivity contribution in [2.75, 3.05) is 26.8 Å². The van der Waals surface area contributed by atoms with Gasteiger partial charge >= 0.3 is 0 Å². The Bertz CT molecular complexity index is 178. The van der Waals surface area contributed by atoms with Crippen molar-refractivity contribution in [2.24, 2.45) is 4.99 Å². The summed E-state index contributed by atoms with van der Waals surface area (Å²) >= 11 is 0. The van der Waals surface area contributed by atoms with Gasteiger partial charge in [0, 0.05) is 19.2 Å². The van der Waals surface area contributed by atoms with Gasteiger partial charge in [-0.2, -0.15) is 0 Å². The molecular formula is C10H24IN3O. The average Bonchev–Trinajstić information content (AvgIpc) is 2.02. The van der Waals surface area contributed by atoms with Gasteiger partial charge in [-0.1, -0.05) is 0 Å². The van der Waals surface area contributed by atoms with Gasteiger partial charge in [0.15, 0.2) is 5.96 Å². The Morgan fingerprint density at radius 2 is 1.93 bits per heavy atom. The van der Waals surface area contributed by atoms with Gasteiger partial charge in [0.05, 0.1) is 13.2 Å². The summed E-state index contributed by atoms with van der Waals surface area (Å²) in [6, 6.07) is 0. The van der Waals surface area contributed by atoms with E-state index in [1.807, 2.05) is 0 Å². The fourth-order valence-corrected chi connectivity index (χ4v) is 0.911. The first-order valence-electron chi connectivity index (χ1n) is 5.05. The number of aliphatic imine (C=N–C) groups is 1. The summed E-state index contributed by atoms with van der Waals surface area (Å²) in [4.78, 5) is 4.36. The van der Waals surface area contributed by atoms with Gasteiger partial charge in [-0.25, -0.2) is 0 Å². The number of halogens is 1. The lowest BCUT2D eigenvalue weighted by atomic mass is 10.1. The third-order valence-electron chi connectivity index (χ3n) is 1.40. The third kappa shape index (κ3) is 11.9. The SMILES string of the molecule is CCNC(=NCCOC)NC(C)(C)C.I. The predicted octanol–water partition coefficient (Wildman–Crippen LogP) is 1.60. The molecule has 0 aliphatic heterocycles. The van der Waals surface area contributed by atoms with Crippen molar-refractivity contribution in [3.8, 4) is 0 Å². The van der Waals surface area contributed by atoms with E-state index in [0.29, 0.717) is 13.2 Å². The fraction of sp³-hybridized carbons (Fsp3) is 0.900. The van der Waals surface area contributed by atoms with Gasteiger partial charge in [0.25, 0.3) is 0 Å². The molecule has 0 saturated carbocycles. The molecular weight excluding hydrogens is 305 g/mol. The lowest BCUT2D eigenvalue weighted by molar-refractivity contribution is 0.207. The largest absolute Gasteiger partial charge is 0.383 e. The molecule has 4 nitrogen and oxygen atoms in total. The quantitative estimate of drug-likeness (QED) is 0.356. The Hall–Kier alpha value is -0.0400. The van der Waals surface area contributed by atoms with Gasteiger partial charge in [-0.3, -0.25) is 4.99 Å². The monoisotopic (exact) mass is 329 g/mol. The molecule has 0 bridgehead atoms. The molecule has 0 amide bonds. The Morgan fingerprint density at radius 3 is 2.33 bits per heavy atom. The number of ether oxygens (including phenoxy) is 1. The molecule has 0 aliphatic rings. The van der Waals surface area contributed by atoms with Crippen molar-refractivity contribution in [1.29, 1.82) is 0 Å². The number of nitrogens with one attached hydrogen (secondary N) is 2. The maximum absolute atomic E-state index is 4.94. The van der Waals surface area contributed by atoms with Gasteiger partial charge in [0.1, 0.15) is 0 Å². The van der Waals surface area contributed by atoms with Crippen LogP contribution in [0.25, 0.3) is 0 Å². The van der Waals surface area contributed by atoms with Crippen LogP contribution in [0.5, 0.6) is 0 Å².